The number of hydrogen-bond acceptors (Lipinski definition) is 3. The Morgan fingerprint density at radius 1 is 1.00 bits per heavy atom. The summed E-state index contributed by atoms with van der Waals surface area (Å²) in [5.41, 5.74) is 5.93. The summed E-state index contributed by atoms with van der Waals surface area (Å²) in [4.78, 5) is 2.67. The predicted octanol–water partition coefficient (Wildman–Crippen LogP) is 0.692. The van der Waals surface area contributed by atoms with Gasteiger partial charge < -0.3 is 11.1 Å². The van der Waals surface area contributed by atoms with Gasteiger partial charge in [-0.15, -0.1) is 0 Å². The van der Waals surface area contributed by atoms with E-state index in [1.807, 2.05) is 0 Å². The first kappa shape index (κ1) is 10.1. The van der Waals surface area contributed by atoms with Crippen molar-refractivity contribution in [3.63, 3.8) is 0 Å². The highest BCUT2D eigenvalue weighted by Gasteiger charge is 2.35. The van der Waals surface area contributed by atoms with Crippen LogP contribution >= 0.6 is 0 Å². The van der Waals surface area contributed by atoms with E-state index >= 15 is 0 Å². The van der Waals surface area contributed by atoms with Crippen LogP contribution in [0.25, 0.3) is 0 Å². The average Bonchev–Trinajstić information content (AvgIpc) is 2.84. The van der Waals surface area contributed by atoms with Crippen LogP contribution in [0.1, 0.15) is 38.5 Å². The smallest absolute Gasteiger partial charge is 0.0209 e. The van der Waals surface area contributed by atoms with E-state index in [9.17, 15) is 0 Å². The molecule has 2 aliphatic carbocycles. The highest BCUT2D eigenvalue weighted by molar-refractivity contribution is 4.94. The van der Waals surface area contributed by atoms with E-state index in [0.29, 0.717) is 12.1 Å². The number of nitrogens with zero attached hydrogens (tertiary/aromatic N) is 1. The van der Waals surface area contributed by atoms with Gasteiger partial charge in [-0.05, 0) is 38.5 Å². The van der Waals surface area contributed by atoms with Crippen LogP contribution in [0.3, 0.4) is 0 Å². The van der Waals surface area contributed by atoms with Crippen molar-refractivity contribution in [2.75, 3.05) is 13.1 Å². The zero-order chi connectivity index (χ0) is 10.3. The van der Waals surface area contributed by atoms with E-state index in [1.165, 1.54) is 51.6 Å². The first-order valence-corrected chi connectivity index (χ1v) is 6.57. The number of nitrogens with two attached hydrogens (primary N) is 1. The Hall–Kier alpha value is -0.120. The van der Waals surface area contributed by atoms with Crippen molar-refractivity contribution in [3.8, 4) is 0 Å². The molecule has 3 atom stereocenters. The lowest BCUT2D eigenvalue weighted by Gasteiger charge is -2.19. The van der Waals surface area contributed by atoms with Crippen molar-refractivity contribution in [1.29, 1.82) is 0 Å². The van der Waals surface area contributed by atoms with E-state index in [2.05, 4.69) is 10.2 Å². The van der Waals surface area contributed by atoms with Crippen LogP contribution in [0.5, 0.6) is 0 Å². The van der Waals surface area contributed by atoms with Gasteiger partial charge in [0.1, 0.15) is 0 Å². The highest BCUT2D eigenvalue weighted by Crippen LogP contribution is 2.30. The van der Waals surface area contributed by atoms with Crippen molar-refractivity contribution < 1.29 is 0 Å². The van der Waals surface area contributed by atoms with Gasteiger partial charge in [-0.25, -0.2) is 0 Å². The van der Waals surface area contributed by atoms with Gasteiger partial charge in [0.15, 0.2) is 0 Å². The molecular weight excluding hydrogens is 186 g/mol. The minimum Gasteiger partial charge on any atom is -0.328 e. The Morgan fingerprint density at radius 3 is 2.53 bits per heavy atom. The molecule has 3 nitrogen and oxygen atoms in total. The van der Waals surface area contributed by atoms with Crippen LogP contribution in [0.2, 0.25) is 0 Å². The largest absolute Gasteiger partial charge is 0.328 e. The molecule has 3 aliphatic rings. The molecule has 0 aromatic rings. The third-order valence-corrected chi connectivity index (χ3v) is 4.23. The normalized spacial score (nSPS) is 42.6. The Balaban J connectivity index is 1.44. The lowest BCUT2D eigenvalue weighted by atomic mass is 10.2. The van der Waals surface area contributed by atoms with Gasteiger partial charge in [0.2, 0.25) is 0 Å². The van der Waals surface area contributed by atoms with Crippen LogP contribution in [0.4, 0.5) is 0 Å². The molecule has 0 radical (unpaired) electrons. The highest BCUT2D eigenvalue weighted by atomic mass is 15.2. The van der Waals surface area contributed by atoms with Crippen molar-refractivity contribution in [2.45, 2.75) is 62.7 Å². The van der Waals surface area contributed by atoms with Gasteiger partial charge >= 0.3 is 0 Å². The molecule has 1 heterocycles. The van der Waals surface area contributed by atoms with Gasteiger partial charge in [-0.2, -0.15) is 0 Å². The maximum atomic E-state index is 5.93. The zero-order valence-corrected chi connectivity index (χ0v) is 9.49. The van der Waals surface area contributed by atoms with Crippen molar-refractivity contribution in [2.24, 2.45) is 5.73 Å². The lowest BCUT2D eigenvalue weighted by molar-refractivity contribution is 0.312. The second-order valence-corrected chi connectivity index (χ2v) is 5.65. The van der Waals surface area contributed by atoms with Gasteiger partial charge in [-0.3, -0.25) is 4.90 Å². The van der Waals surface area contributed by atoms with Gasteiger partial charge in [0.05, 0.1) is 0 Å². The molecule has 1 aliphatic heterocycles. The molecule has 3 unspecified atom stereocenters. The Morgan fingerprint density at radius 2 is 1.87 bits per heavy atom. The molecule has 3 heteroatoms. The fourth-order valence-corrected chi connectivity index (χ4v) is 3.20. The Kier molecular flexibility index (Phi) is 2.71. The molecular formula is C12H23N3. The van der Waals surface area contributed by atoms with Crippen LogP contribution < -0.4 is 11.1 Å². The SMILES string of the molecule is NC1CCC(NC2CCN(C3CC3)C2)C1. The summed E-state index contributed by atoms with van der Waals surface area (Å²) >= 11 is 0. The Bertz CT molecular complexity index is 227. The number of nitrogens with one attached hydrogen (secondary N) is 1. The van der Waals surface area contributed by atoms with E-state index in [-0.39, 0.29) is 0 Å². The lowest BCUT2D eigenvalue weighted by Crippen LogP contribution is -2.39. The number of likely N-dealkylation sites (tertiary alicyclic amines) is 1. The summed E-state index contributed by atoms with van der Waals surface area (Å²) in [7, 11) is 0. The molecule has 0 spiro atoms. The quantitative estimate of drug-likeness (QED) is 0.718. The predicted molar refractivity (Wildman–Crippen MR) is 61.8 cm³/mol. The first-order valence-electron chi connectivity index (χ1n) is 6.57. The van der Waals surface area contributed by atoms with Crippen LogP contribution in [-0.2, 0) is 0 Å². The topological polar surface area (TPSA) is 41.3 Å². The number of hydrogen-bond donors (Lipinski definition) is 2. The number of rotatable bonds is 3. The minimum atomic E-state index is 0.462. The Labute approximate surface area is 92.4 Å². The van der Waals surface area contributed by atoms with Crippen LogP contribution in [-0.4, -0.2) is 42.2 Å². The van der Waals surface area contributed by atoms with E-state index < -0.39 is 0 Å². The molecule has 3 rings (SSSR count). The van der Waals surface area contributed by atoms with Gasteiger partial charge in [-0.1, -0.05) is 0 Å². The third-order valence-electron chi connectivity index (χ3n) is 4.23. The fraction of sp³-hybridized carbons (Fsp3) is 1.00. The standard InChI is InChI=1S/C12H23N3/c13-9-1-2-10(7-9)14-11-5-6-15(8-11)12-3-4-12/h9-12,14H,1-8,13H2. The average molecular weight is 209 g/mol. The molecule has 3 N–H and O–H groups in total. The van der Waals surface area contributed by atoms with Crippen LogP contribution in [0, 0.1) is 0 Å². The fourth-order valence-electron chi connectivity index (χ4n) is 3.20. The van der Waals surface area contributed by atoms with E-state index in [1.54, 1.807) is 0 Å². The van der Waals surface area contributed by atoms with Crippen molar-refractivity contribution in [1.82, 2.24) is 10.2 Å². The van der Waals surface area contributed by atoms with Gasteiger partial charge in [0, 0.05) is 37.3 Å². The third kappa shape index (κ3) is 2.35. The second-order valence-electron chi connectivity index (χ2n) is 5.65. The van der Waals surface area contributed by atoms with E-state index in [4.69, 9.17) is 5.73 Å². The molecule has 0 aromatic carbocycles. The first-order chi connectivity index (χ1) is 7.31. The molecule has 2 saturated carbocycles. The minimum absolute atomic E-state index is 0.462. The maximum absolute atomic E-state index is 5.93. The van der Waals surface area contributed by atoms with Crippen molar-refractivity contribution >= 4 is 0 Å². The molecule has 1 saturated heterocycles. The second kappa shape index (κ2) is 4.04. The van der Waals surface area contributed by atoms with Crippen molar-refractivity contribution in [3.05, 3.63) is 0 Å². The van der Waals surface area contributed by atoms with Gasteiger partial charge in [0.25, 0.3) is 0 Å². The molecule has 15 heavy (non-hydrogen) atoms. The summed E-state index contributed by atoms with van der Waals surface area (Å²) in [5.74, 6) is 0. The van der Waals surface area contributed by atoms with Crippen LogP contribution in [0.15, 0.2) is 0 Å². The summed E-state index contributed by atoms with van der Waals surface area (Å²) < 4.78 is 0. The molecule has 0 amide bonds. The van der Waals surface area contributed by atoms with E-state index in [0.717, 1.165) is 12.1 Å². The molecule has 86 valence electrons. The molecule has 3 fully saturated rings. The maximum Gasteiger partial charge on any atom is 0.0209 e. The summed E-state index contributed by atoms with van der Waals surface area (Å²) in [6.45, 7) is 2.61. The summed E-state index contributed by atoms with van der Waals surface area (Å²) in [6.07, 6.45) is 7.95. The summed E-state index contributed by atoms with van der Waals surface area (Å²) in [6, 6.07) is 2.87. The molecule has 0 aromatic heterocycles. The monoisotopic (exact) mass is 209 g/mol. The summed E-state index contributed by atoms with van der Waals surface area (Å²) in [5, 5.41) is 3.80. The molecule has 0 bridgehead atoms. The zero-order valence-electron chi connectivity index (χ0n) is 9.49.